The fourth-order valence-corrected chi connectivity index (χ4v) is 3.03. The summed E-state index contributed by atoms with van der Waals surface area (Å²) >= 11 is 1.52. The minimum absolute atomic E-state index is 0.330. The van der Waals surface area contributed by atoms with Crippen LogP contribution < -0.4 is 16.0 Å². The van der Waals surface area contributed by atoms with Crippen LogP contribution in [0.25, 0.3) is 0 Å². The van der Waals surface area contributed by atoms with Crippen LogP contribution in [-0.4, -0.2) is 29.9 Å². The number of thiazole rings is 1. The first-order valence-corrected chi connectivity index (χ1v) is 9.59. The van der Waals surface area contributed by atoms with E-state index in [9.17, 15) is 18.0 Å². The number of hydrogen-bond donors (Lipinski definition) is 3. The van der Waals surface area contributed by atoms with Gasteiger partial charge in [-0.25, -0.2) is 23.1 Å². The van der Waals surface area contributed by atoms with Gasteiger partial charge in [-0.15, -0.1) is 11.3 Å². The van der Waals surface area contributed by atoms with E-state index >= 15 is 0 Å². The van der Waals surface area contributed by atoms with Gasteiger partial charge in [0, 0.05) is 11.9 Å². The third-order valence-electron chi connectivity index (χ3n) is 3.60. The summed E-state index contributed by atoms with van der Waals surface area (Å²) in [5.74, 6) is -4.36. The fraction of sp³-hybridized carbons (Fsp3) is 0.389. The summed E-state index contributed by atoms with van der Waals surface area (Å²) in [5, 5.41) is 11.1. The first kappa shape index (κ1) is 21.7. The zero-order valence-corrected chi connectivity index (χ0v) is 16.6. The van der Waals surface area contributed by atoms with Crippen LogP contribution in [0.3, 0.4) is 0 Å². The van der Waals surface area contributed by atoms with Gasteiger partial charge >= 0.3 is 0 Å². The molecular formula is C18H22F3N5OS. The van der Waals surface area contributed by atoms with E-state index in [0.29, 0.717) is 25.0 Å². The molecule has 0 aliphatic rings. The highest BCUT2D eigenvalue weighted by Gasteiger charge is 2.15. The van der Waals surface area contributed by atoms with Gasteiger partial charge in [-0.05, 0) is 25.0 Å². The third-order valence-corrected chi connectivity index (χ3v) is 4.47. The number of carbonyl (C=O) groups is 1. The quantitative estimate of drug-likeness (QED) is 0.369. The minimum atomic E-state index is -1.64. The molecule has 0 radical (unpaired) electrons. The highest BCUT2D eigenvalue weighted by Crippen LogP contribution is 2.19. The molecule has 6 nitrogen and oxygen atoms in total. The van der Waals surface area contributed by atoms with E-state index < -0.39 is 29.0 Å². The number of halogens is 3. The van der Waals surface area contributed by atoms with Crippen molar-refractivity contribution in [2.45, 2.75) is 33.2 Å². The molecule has 1 amide bonds. The van der Waals surface area contributed by atoms with Crippen molar-refractivity contribution in [3.8, 4) is 0 Å². The number of amides is 1. The number of guanidine groups is 1. The summed E-state index contributed by atoms with van der Waals surface area (Å²) in [6.07, 6.45) is 0. The summed E-state index contributed by atoms with van der Waals surface area (Å²) in [7, 11) is 0. The lowest BCUT2D eigenvalue weighted by Crippen LogP contribution is -2.37. The van der Waals surface area contributed by atoms with Gasteiger partial charge in [0.2, 0.25) is 5.91 Å². The van der Waals surface area contributed by atoms with E-state index in [-0.39, 0.29) is 6.54 Å². The van der Waals surface area contributed by atoms with Crippen molar-refractivity contribution < 1.29 is 18.0 Å². The molecule has 0 spiro atoms. The number of benzene rings is 1. The Balaban J connectivity index is 1.95. The van der Waals surface area contributed by atoms with Gasteiger partial charge in [0.05, 0.1) is 17.9 Å². The summed E-state index contributed by atoms with van der Waals surface area (Å²) in [6.45, 7) is 6.67. The number of carbonyl (C=O) groups excluding carboxylic acids is 1. The highest BCUT2D eigenvalue weighted by atomic mass is 32.1. The van der Waals surface area contributed by atoms with Crippen LogP contribution in [0.1, 0.15) is 37.4 Å². The molecule has 0 bridgehead atoms. The van der Waals surface area contributed by atoms with Crippen LogP contribution in [0.15, 0.2) is 22.5 Å². The molecule has 3 N–H and O–H groups in total. The van der Waals surface area contributed by atoms with Crippen molar-refractivity contribution >= 4 is 28.9 Å². The Kier molecular flexibility index (Phi) is 7.80. The molecule has 0 aliphatic heterocycles. The number of aromatic nitrogens is 1. The molecule has 0 unspecified atom stereocenters. The number of aliphatic imine (C=N–C) groups is 1. The number of anilines is 1. The van der Waals surface area contributed by atoms with Gasteiger partial charge in [0.1, 0.15) is 11.6 Å². The molecule has 0 aliphatic carbocycles. The molecule has 2 rings (SSSR count). The summed E-state index contributed by atoms with van der Waals surface area (Å²) in [6, 6.07) is 1.69. The van der Waals surface area contributed by atoms with Gasteiger partial charge < -0.3 is 16.0 Å². The Morgan fingerprint density at radius 1 is 1.21 bits per heavy atom. The Morgan fingerprint density at radius 3 is 2.61 bits per heavy atom. The maximum atomic E-state index is 13.6. The van der Waals surface area contributed by atoms with Crippen LogP contribution in [0.2, 0.25) is 0 Å². The van der Waals surface area contributed by atoms with E-state index in [1.165, 1.54) is 11.3 Å². The third kappa shape index (κ3) is 5.95. The molecule has 1 aromatic carbocycles. The molecule has 28 heavy (non-hydrogen) atoms. The molecule has 0 fully saturated rings. The molecule has 0 atom stereocenters. The van der Waals surface area contributed by atoms with Crippen molar-refractivity contribution in [3.63, 3.8) is 0 Å². The van der Waals surface area contributed by atoms with Crippen molar-refractivity contribution in [2.24, 2.45) is 4.99 Å². The van der Waals surface area contributed by atoms with Crippen molar-refractivity contribution in [1.82, 2.24) is 15.6 Å². The van der Waals surface area contributed by atoms with Crippen molar-refractivity contribution in [1.29, 1.82) is 0 Å². The van der Waals surface area contributed by atoms with Crippen LogP contribution >= 0.6 is 11.3 Å². The summed E-state index contributed by atoms with van der Waals surface area (Å²) in [5.41, 5.74) is 0.567. The zero-order chi connectivity index (χ0) is 20.7. The molecule has 2 aromatic rings. The zero-order valence-electron chi connectivity index (χ0n) is 15.8. The SMILES string of the molecule is CCNC(=NCC(=O)Nc1ccc(F)c(F)c1F)NCc1nc(C(C)C)cs1. The van der Waals surface area contributed by atoms with Crippen LogP contribution in [0.4, 0.5) is 18.9 Å². The average Bonchev–Trinajstić information content (AvgIpc) is 3.14. The van der Waals surface area contributed by atoms with Crippen LogP contribution in [0.5, 0.6) is 0 Å². The molecule has 1 heterocycles. The van der Waals surface area contributed by atoms with E-state index in [1.807, 2.05) is 12.3 Å². The number of nitrogens with one attached hydrogen (secondary N) is 3. The Bertz CT molecular complexity index is 854. The summed E-state index contributed by atoms with van der Waals surface area (Å²) in [4.78, 5) is 20.6. The van der Waals surface area contributed by atoms with Gasteiger partial charge in [-0.2, -0.15) is 0 Å². The molecule has 10 heteroatoms. The molecule has 1 aromatic heterocycles. The summed E-state index contributed by atoms with van der Waals surface area (Å²) < 4.78 is 39.8. The fourth-order valence-electron chi connectivity index (χ4n) is 2.14. The monoisotopic (exact) mass is 413 g/mol. The Hall–Kier alpha value is -2.62. The van der Waals surface area contributed by atoms with Gasteiger partial charge in [0.25, 0.3) is 0 Å². The minimum Gasteiger partial charge on any atom is -0.357 e. The second kappa shape index (κ2) is 10.1. The number of rotatable bonds is 7. The molecule has 0 saturated carbocycles. The standard InChI is InChI=1S/C18H22F3N5OS/c1-4-22-18(24-8-15-26-13(9-28-15)10(2)3)23-7-14(27)25-12-6-5-11(19)16(20)17(12)21/h5-6,9-10H,4,7-8H2,1-3H3,(H,25,27)(H2,22,23,24). The predicted molar refractivity (Wildman–Crippen MR) is 104 cm³/mol. The first-order valence-electron chi connectivity index (χ1n) is 8.71. The Morgan fingerprint density at radius 2 is 1.96 bits per heavy atom. The van der Waals surface area contributed by atoms with E-state index in [2.05, 4.69) is 39.8 Å². The average molecular weight is 413 g/mol. The largest absolute Gasteiger partial charge is 0.357 e. The number of nitrogens with zero attached hydrogens (tertiary/aromatic N) is 2. The smallest absolute Gasteiger partial charge is 0.246 e. The van der Waals surface area contributed by atoms with E-state index in [1.54, 1.807) is 0 Å². The van der Waals surface area contributed by atoms with Crippen molar-refractivity contribution in [2.75, 3.05) is 18.4 Å². The highest BCUT2D eigenvalue weighted by molar-refractivity contribution is 7.09. The second-order valence-electron chi connectivity index (χ2n) is 6.14. The first-order chi connectivity index (χ1) is 13.3. The van der Waals surface area contributed by atoms with Crippen molar-refractivity contribution in [3.05, 3.63) is 45.7 Å². The lowest BCUT2D eigenvalue weighted by Gasteiger charge is -2.10. The molecule has 0 saturated heterocycles. The van der Waals surface area contributed by atoms with E-state index in [0.717, 1.165) is 22.8 Å². The lowest BCUT2D eigenvalue weighted by molar-refractivity contribution is -0.114. The molecule has 152 valence electrons. The van der Waals surface area contributed by atoms with Crippen LogP contribution in [0, 0.1) is 17.5 Å². The second-order valence-corrected chi connectivity index (χ2v) is 7.08. The van der Waals surface area contributed by atoms with Gasteiger partial charge in [0.15, 0.2) is 23.4 Å². The lowest BCUT2D eigenvalue weighted by atomic mass is 10.2. The van der Waals surface area contributed by atoms with Crippen LogP contribution in [-0.2, 0) is 11.3 Å². The van der Waals surface area contributed by atoms with E-state index in [4.69, 9.17) is 0 Å². The maximum Gasteiger partial charge on any atom is 0.246 e. The number of hydrogen-bond acceptors (Lipinski definition) is 4. The maximum absolute atomic E-state index is 13.6. The van der Waals surface area contributed by atoms with Gasteiger partial charge in [-0.3, -0.25) is 4.79 Å². The predicted octanol–water partition coefficient (Wildman–Crippen LogP) is 3.38. The van der Waals surface area contributed by atoms with Gasteiger partial charge in [-0.1, -0.05) is 13.8 Å². The normalized spacial score (nSPS) is 11.6. The molecular weight excluding hydrogens is 391 g/mol. The topological polar surface area (TPSA) is 78.4 Å². The Labute approximate surface area is 165 Å².